The van der Waals surface area contributed by atoms with E-state index in [1.165, 1.54) is 0 Å². The van der Waals surface area contributed by atoms with Gasteiger partial charge in [0.05, 0.1) is 0 Å². The summed E-state index contributed by atoms with van der Waals surface area (Å²) in [4.78, 5) is 17.6. The van der Waals surface area contributed by atoms with Crippen LogP contribution in [0.15, 0.2) is 59.0 Å². The van der Waals surface area contributed by atoms with Gasteiger partial charge in [0.15, 0.2) is 0 Å². The van der Waals surface area contributed by atoms with Crippen LogP contribution in [-0.2, 0) is 17.9 Å². The summed E-state index contributed by atoms with van der Waals surface area (Å²) in [5.41, 5.74) is 2.78. The number of likely N-dealkylation sites (tertiary alicyclic amines) is 1. The number of hydrogen-bond acceptors (Lipinski definition) is 5. The van der Waals surface area contributed by atoms with E-state index in [-0.39, 0.29) is 6.04 Å². The third kappa shape index (κ3) is 3.92. The van der Waals surface area contributed by atoms with Crippen molar-refractivity contribution in [2.45, 2.75) is 32.5 Å². The van der Waals surface area contributed by atoms with Gasteiger partial charge < -0.3 is 14.3 Å². The zero-order chi connectivity index (χ0) is 19.5. The van der Waals surface area contributed by atoms with Gasteiger partial charge in [-0.2, -0.15) is 0 Å². The first-order chi connectivity index (χ1) is 13.6. The molecule has 0 amide bonds. The van der Waals surface area contributed by atoms with Gasteiger partial charge in [0.2, 0.25) is 5.89 Å². The van der Waals surface area contributed by atoms with Crippen molar-refractivity contribution in [2.24, 2.45) is 0 Å². The molecule has 2 heterocycles. The molecule has 0 aliphatic carbocycles. The molecule has 6 nitrogen and oxygen atoms in total. The monoisotopic (exact) mass is 378 g/mol. The first-order valence-corrected chi connectivity index (χ1v) is 9.30. The average molecular weight is 378 g/mol. The van der Waals surface area contributed by atoms with E-state index in [0.29, 0.717) is 19.0 Å². The van der Waals surface area contributed by atoms with Crippen LogP contribution in [0.25, 0.3) is 11.5 Å². The number of aliphatic carboxylic acids is 1. The Labute approximate surface area is 163 Å². The summed E-state index contributed by atoms with van der Waals surface area (Å²) in [6, 6.07) is 17.2. The van der Waals surface area contributed by atoms with Crippen molar-refractivity contribution in [1.82, 2.24) is 9.88 Å². The predicted octanol–water partition coefficient (Wildman–Crippen LogP) is 3.89. The Morgan fingerprint density at radius 1 is 1.21 bits per heavy atom. The summed E-state index contributed by atoms with van der Waals surface area (Å²) in [5, 5.41) is 9.13. The Hall–Kier alpha value is -3.12. The molecule has 1 aromatic heterocycles. The van der Waals surface area contributed by atoms with Crippen molar-refractivity contribution in [2.75, 3.05) is 6.54 Å². The Morgan fingerprint density at radius 3 is 2.61 bits per heavy atom. The first-order valence-electron chi connectivity index (χ1n) is 9.30. The predicted molar refractivity (Wildman–Crippen MR) is 104 cm³/mol. The summed E-state index contributed by atoms with van der Waals surface area (Å²) >= 11 is 0. The second-order valence-corrected chi connectivity index (χ2v) is 6.93. The molecule has 3 aromatic rings. The second-order valence-electron chi connectivity index (χ2n) is 6.93. The number of hydrogen-bond donors (Lipinski definition) is 1. The van der Waals surface area contributed by atoms with Gasteiger partial charge in [-0.1, -0.05) is 30.3 Å². The van der Waals surface area contributed by atoms with Crippen LogP contribution in [0.2, 0.25) is 0 Å². The van der Waals surface area contributed by atoms with Gasteiger partial charge in [-0.3, -0.25) is 9.69 Å². The van der Waals surface area contributed by atoms with Crippen LogP contribution in [-0.4, -0.2) is 33.5 Å². The normalized spacial score (nSPS) is 16.5. The average Bonchev–Trinajstić information content (AvgIpc) is 3.05. The Kier molecular flexibility index (Phi) is 5.12. The van der Waals surface area contributed by atoms with E-state index < -0.39 is 5.97 Å². The molecule has 28 heavy (non-hydrogen) atoms. The number of carbonyl (C=O) groups is 1. The molecule has 1 N–H and O–H groups in total. The fourth-order valence-electron chi connectivity index (χ4n) is 3.25. The van der Waals surface area contributed by atoms with E-state index in [1.807, 2.05) is 66.4 Å². The molecule has 1 unspecified atom stereocenters. The Morgan fingerprint density at radius 2 is 1.96 bits per heavy atom. The van der Waals surface area contributed by atoms with Gasteiger partial charge in [0, 0.05) is 18.7 Å². The molecule has 1 atom stereocenters. The molecule has 6 heteroatoms. The smallest absolute Gasteiger partial charge is 0.320 e. The van der Waals surface area contributed by atoms with Crippen molar-refractivity contribution < 1.29 is 19.1 Å². The topological polar surface area (TPSA) is 75.8 Å². The maximum Gasteiger partial charge on any atom is 0.320 e. The standard InChI is InChI=1S/C22H22N2O4/c1-15-19(23-21(28-15)17-5-3-2-4-6-17)14-27-18-9-7-16(8-10-18)13-24-12-11-20(24)22(25)26/h2-10,20H,11-14H2,1H3,(H,25,26). The Balaban J connectivity index is 1.35. The van der Waals surface area contributed by atoms with Crippen LogP contribution in [0.1, 0.15) is 23.4 Å². The molecular weight excluding hydrogens is 356 g/mol. The largest absolute Gasteiger partial charge is 0.487 e. The van der Waals surface area contributed by atoms with Crippen molar-refractivity contribution in [1.29, 1.82) is 0 Å². The van der Waals surface area contributed by atoms with Gasteiger partial charge in [-0.05, 0) is 43.2 Å². The van der Waals surface area contributed by atoms with E-state index in [4.69, 9.17) is 14.3 Å². The van der Waals surface area contributed by atoms with Crippen LogP contribution < -0.4 is 4.74 Å². The van der Waals surface area contributed by atoms with Crippen LogP contribution in [0, 0.1) is 6.92 Å². The maximum atomic E-state index is 11.1. The fourth-order valence-corrected chi connectivity index (χ4v) is 3.25. The summed E-state index contributed by atoms with van der Waals surface area (Å²) in [6.07, 6.45) is 0.721. The number of aryl methyl sites for hydroxylation is 1. The SMILES string of the molecule is Cc1oc(-c2ccccc2)nc1COc1ccc(CN2CCC2C(=O)O)cc1. The lowest BCUT2D eigenvalue weighted by atomic mass is 10.0. The molecule has 4 rings (SSSR count). The Bertz CT molecular complexity index is 950. The minimum atomic E-state index is -0.746. The first kappa shape index (κ1) is 18.3. The van der Waals surface area contributed by atoms with Gasteiger partial charge >= 0.3 is 5.97 Å². The van der Waals surface area contributed by atoms with Gasteiger partial charge in [-0.15, -0.1) is 0 Å². The summed E-state index contributed by atoms with van der Waals surface area (Å²) < 4.78 is 11.6. The van der Waals surface area contributed by atoms with Gasteiger partial charge in [-0.25, -0.2) is 4.98 Å². The third-order valence-corrected chi connectivity index (χ3v) is 5.01. The summed E-state index contributed by atoms with van der Waals surface area (Å²) in [7, 11) is 0. The lowest BCUT2D eigenvalue weighted by Crippen LogP contribution is -2.51. The molecule has 0 bridgehead atoms. The fraction of sp³-hybridized carbons (Fsp3) is 0.273. The van der Waals surface area contributed by atoms with E-state index in [2.05, 4.69) is 4.98 Å². The summed E-state index contributed by atoms with van der Waals surface area (Å²) in [5.74, 6) is 1.33. The highest BCUT2D eigenvalue weighted by atomic mass is 16.5. The molecule has 1 aliphatic heterocycles. The maximum absolute atomic E-state index is 11.1. The molecule has 0 spiro atoms. The van der Waals surface area contributed by atoms with E-state index in [0.717, 1.165) is 41.3 Å². The number of carboxylic acids is 1. The zero-order valence-electron chi connectivity index (χ0n) is 15.7. The van der Waals surface area contributed by atoms with Gasteiger partial charge in [0.1, 0.15) is 29.9 Å². The minimum Gasteiger partial charge on any atom is -0.487 e. The summed E-state index contributed by atoms with van der Waals surface area (Å²) in [6.45, 7) is 3.67. The molecule has 1 aliphatic rings. The highest BCUT2D eigenvalue weighted by molar-refractivity contribution is 5.74. The number of aromatic nitrogens is 1. The molecule has 0 radical (unpaired) electrons. The van der Waals surface area contributed by atoms with Crippen molar-refractivity contribution in [3.05, 3.63) is 71.6 Å². The van der Waals surface area contributed by atoms with Crippen molar-refractivity contribution >= 4 is 5.97 Å². The number of rotatable bonds is 7. The zero-order valence-corrected chi connectivity index (χ0v) is 15.7. The van der Waals surface area contributed by atoms with Crippen LogP contribution in [0.5, 0.6) is 5.75 Å². The van der Waals surface area contributed by atoms with E-state index >= 15 is 0 Å². The van der Waals surface area contributed by atoms with Gasteiger partial charge in [0.25, 0.3) is 0 Å². The molecule has 0 saturated carbocycles. The molecule has 2 aromatic carbocycles. The van der Waals surface area contributed by atoms with E-state index in [1.54, 1.807) is 0 Å². The highest BCUT2D eigenvalue weighted by Gasteiger charge is 2.33. The van der Waals surface area contributed by atoms with Crippen molar-refractivity contribution in [3.8, 4) is 17.2 Å². The third-order valence-electron chi connectivity index (χ3n) is 5.01. The van der Waals surface area contributed by atoms with Crippen molar-refractivity contribution in [3.63, 3.8) is 0 Å². The highest BCUT2D eigenvalue weighted by Crippen LogP contribution is 2.24. The lowest BCUT2D eigenvalue weighted by molar-refractivity contribution is -0.148. The van der Waals surface area contributed by atoms with Crippen LogP contribution in [0.4, 0.5) is 0 Å². The number of nitrogens with zero attached hydrogens (tertiary/aromatic N) is 2. The second kappa shape index (κ2) is 7.86. The van der Waals surface area contributed by atoms with Crippen LogP contribution in [0.3, 0.4) is 0 Å². The van der Waals surface area contributed by atoms with E-state index in [9.17, 15) is 4.79 Å². The minimum absolute atomic E-state index is 0.328. The van der Waals surface area contributed by atoms with Crippen LogP contribution >= 0.6 is 0 Å². The molecule has 1 saturated heterocycles. The lowest BCUT2D eigenvalue weighted by Gasteiger charge is -2.37. The molecule has 1 fully saturated rings. The number of ether oxygens (including phenoxy) is 1. The number of oxazole rings is 1. The quantitative estimate of drug-likeness (QED) is 0.672. The number of carboxylic acid groups (broad SMARTS) is 1. The molecular formula is C22H22N2O4. The number of benzene rings is 2. The molecule has 144 valence electrons.